The van der Waals surface area contributed by atoms with Gasteiger partial charge in [0.05, 0.1) is 7.11 Å². The highest BCUT2D eigenvalue weighted by atomic mass is 79.9. The van der Waals surface area contributed by atoms with E-state index < -0.39 is 0 Å². The van der Waals surface area contributed by atoms with Gasteiger partial charge in [-0.05, 0) is 50.0 Å². The van der Waals surface area contributed by atoms with Crippen molar-refractivity contribution in [2.24, 2.45) is 0 Å². The van der Waals surface area contributed by atoms with E-state index in [1.807, 2.05) is 12.1 Å². The second kappa shape index (κ2) is 9.49. The first-order valence-electron chi connectivity index (χ1n) is 6.26. The van der Waals surface area contributed by atoms with E-state index >= 15 is 0 Å². The number of nitrogens with one attached hydrogen (secondary N) is 1. The molecule has 0 heterocycles. The van der Waals surface area contributed by atoms with Crippen molar-refractivity contribution in [3.8, 4) is 5.75 Å². The zero-order valence-electron chi connectivity index (χ0n) is 10.5. The van der Waals surface area contributed by atoms with E-state index in [0.717, 1.165) is 30.6 Å². The molecule has 0 unspecified atom stereocenters. The van der Waals surface area contributed by atoms with Gasteiger partial charge in [-0.1, -0.05) is 34.5 Å². The van der Waals surface area contributed by atoms with Gasteiger partial charge < -0.3 is 10.1 Å². The second-order valence-electron chi connectivity index (χ2n) is 4.10. The minimum Gasteiger partial charge on any atom is -0.497 e. The van der Waals surface area contributed by atoms with Crippen LogP contribution in [0.5, 0.6) is 5.75 Å². The Hall–Kier alpha value is -0.540. The molecule has 2 nitrogen and oxygen atoms in total. The lowest BCUT2D eigenvalue weighted by atomic mass is 10.1. The maximum Gasteiger partial charge on any atom is 0.118 e. The molecule has 0 saturated carbocycles. The third kappa shape index (κ3) is 6.69. The third-order valence-electron chi connectivity index (χ3n) is 2.74. The normalized spacial score (nSPS) is 10.5. The Bertz CT molecular complexity index is 287. The van der Waals surface area contributed by atoms with Crippen molar-refractivity contribution in [1.29, 1.82) is 0 Å². The van der Waals surface area contributed by atoms with Gasteiger partial charge in [0, 0.05) is 5.33 Å². The van der Waals surface area contributed by atoms with Crippen molar-refractivity contribution < 1.29 is 4.74 Å². The van der Waals surface area contributed by atoms with E-state index in [2.05, 4.69) is 33.4 Å². The lowest BCUT2D eigenvalue weighted by Crippen LogP contribution is -2.18. The molecule has 0 bridgehead atoms. The predicted octanol–water partition coefficient (Wildman–Crippen LogP) is 3.39. The van der Waals surface area contributed by atoms with Gasteiger partial charge in [-0.2, -0.15) is 0 Å². The highest BCUT2D eigenvalue weighted by Crippen LogP contribution is 2.11. The molecule has 0 fully saturated rings. The summed E-state index contributed by atoms with van der Waals surface area (Å²) < 4.78 is 5.13. The quantitative estimate of drug-likeness (QED) is 0.557. The summed E-state index contributed by atoms with van der Waals surface area (Å²) in [4.78, 5) is 0. The van der Waals surface area contributed by atoms with Crippen LogP contribution >= 0.6 is 15.9 Å². The van der Waals surface area contributed by atoms with Crippen molar-refractivity contribution in [1.82, 2.24) is 5.32 Å². The Labute approximate surface area is 113 Å². The number of unbranched alkanes of at least 4 members (excludes halogenated alkanes) is 2. The molecule has 0 radical (unpaired) electrons. The minimum absolute atomic E-state index is 0.927. The molecule has 0 saturated heterocycles. The summed E-state index contributed by atoms with van der Waals surface area (Å²) in [6, 6.07) is 8.30. The average Bonchev–Trinajstić information content (AvgIpc) is 2.38. The van der Waals surface area contributed by atoms with Crippen molar-refractivity contribution >= 4 is 15.9 Å². The van der Waals surface area contributed by atoms with E-state index in [1.54, 1.807) is 7.11 Å². The summed E-state index contributed by atoms with van der Waals surface area (Å²) >= 11 is 3.44. The number of rotatable bonds is 9. The Morgan fingerprint density at radius 3 is 2.47 bits per heavy atom. The number of benzene rings is 1. The highest BCUT2D eigenvalue weighted by Gasteiger charge is 1.94. The molecule has 1 aromatic carbocycles. The van der Waals surface area contributed by atoms with Crippen molar-refractivity contribution in [2.45, 2.75) is 25.7 Å². The van der Waals surface area contributed by atoms with Crippen LogP contribution in [0.4, 0.5) is 0 Å². The number of hydrogen-bond donors (Lipinski definition) is 1. The summed E-state index contributed by atoms with van der Waals surface area (Å²) in [7, 11) is 1.70. The van der Waals surface area contributed by atoms with Crippen molar-refractivity contribution in [2.75, 3.05) is 25.5 Å². The van der Waals surface area contributed by atoms with Crippen LogP contribution in [0.1, 0.15) is 24.8 Å². The number of ether oxygens (including phenoxy) is 1. The summed E-state index contributed by atoms with van der Waals surface area (Å²) in [5, 5.41) is 4.60. The maximum atomic E-state index is 5.13. The molecule has 0 aliphatic rings. The number of halogens is 1. The lowest BCUT2D eigenvalue weighted by Gasteiger charge is -2.05. The van der Waals surface area contributed by atoms with Gasteiger partial charge in [-0.3, -0.25) is 0 Å². The molecule has 0 aliphatic carbocycles. The van der Waals surface area contributed by atoms with E-state index in [1.165, 1.54) is 24.8 Å². The third-order valence-corrected chi connectivity index (χ3v) is 3.30. The van der Waals surface area contributed by atoms with Gasteiger partial charge in [0.1, 0.15) is 5.75 Å². The van der Waals surface area contributed by atoms with Crippen molar-refractivity contribution in [3.63, 3.8) is 0 Å². The molecule has 0 amide bonds. The predicted molar refractivity (Wildman–Crippen MR) is 77.2 cm³/mol. The zero-order chi connectivity index (χ0) is 12.3. The number of hydrogen-bond acceptors (Lipinski definition) is 2. The van der Waals surface area contributed by atoms with E-state index in [-0.39, 0.29) is 0 Å². The van der Waals surface area contributed by atoms with E-state index in [9.17, 15) is 0 Å². The molecule has 1 rings (SSSR count). The molecule has 0 atom stereocenters. The summed E-state index contributed by atoms with van der Waals surface area (Å²) in [6.45, 7) is 2.18. The van der Waals surface area contributed by atoms with Crippen LogP contribution < -0.4 is 10.1 Å². The molecule has 1 N–H and O–H groups in total. The molecule has 96 valence electrons. The molecule has 1 aromatic rings. The molecule has 3 heteroatoms. The molecule has 17 heavy (non-hydrogen) atoms. The summed E-state index contributed by atoms with van der Waals surface area (Å²) in [6.07, 6.45) is 4.94. The van der Waals surface area contributed by atoms with Gasteiger partial charge in [0.15, 0.2) is 0 Å². The monoisotopic (exact) mass is 299 g/mol. The van der Waals surface area contributed by atoms with Crippen LogP contribution in [-0.2, 0) is 6.42 Å². The first-order chi connectivity index (χ1) is 8.36. The summed E-state index contributed by atoms with van der Waals surface area (Å²) in [5.74, 6) is 0.927. The highest BCUT2D eigenvalue weighted by molar-refractivity contribution is 9.09. The Balaban J connectivity index is 2.05. The van der Waals surface area contributed by atoms with Crippen LogP contribution in [0.25, 0.3) is 0 Å². The first kappa shape index (κ1) is 14.5. The molecular weight excluding hydrogens is 278 g/mol. The van der Waals surface area contributed by atoms with Gasteiger partial charge in [0.2, 0.25) is 0 Å². The Kier molecular flexibility index (Phi) is 8.10. The fourth-order valence-electron chi connectivity index (χ4n) is 1.67. The Morgan fingerprint density at radius 2 is 1.82 bits per heavy atom. The average molecular weight is 300 g/mol. The van der Waals surface area contributed by atoms with Gasteiger partial charge in [-0.25, -0.2) is 0 Å². The SMILES string of the molecule is COc1ccc(CCNCCCCCBr)cc1. The first-order valence-corrected chi connectivity index (χ1v) is 7.38. The second-order valence-corrected chi connectivity index (χ2v) is 4.89. The fraction of sp³-hybridized carbons (Fsp3) is 0.571. The number of methoxy groups -OCH3 is 1. The topological polar surface area (TPSA) is 21.3 Å². The maximum absolute atomic E-state index is 5.13. The molecule has 0 spiro atoms. The lowest BCUT2D eigenvalue weighted by molar-refractivity contribution is 0.414. The Morgan fingerprint density at radius 1 is 1.06 bits per heavy atom. The smallest absolute Gasteiger partial charge is 0.118 e. The standard InChI is InChI=1S/C14H22BrNO/c1-17-14-7-5-13(6-8-14)9-12-16-11-4-2-3-10-15/h5-8,16H,2-4,9-12H2,1H3. The van der Waals surface area contributed by atoms with Crippen molar-refractivity contribution in [3.05, 3.63) is 29.8 Å². The molecule has 0 aromatic heterocycles. The van der Waals surface area contributed by atoms with Gasteiger partial charge >= 0.3 is 0 Å². The number of alkyl halides is 1. The van der Waals surface area contributed by atoms with E-state index in [0.29, 0.717) is 0 Å². The van der Waals surface area contributed by atoms with Crippen LogP contribution in [0.15, 0.2) is 24.3 Å². The van der Waals surface area contributed by atoms with Crippen LogP contribution in [0.3, 0.4) is 0 Å². The van der Waals surface area contributed by atoms with Crippen LogP contribution in [-0.4, -0.2) is 25.5 Å². The molecule has 0 aliphatic heterocycles. The van der Waals surface area contributed by atoms with Gasteiger partial charge in [-0.15, -0.1) is 0 Å². The van der Waals surface area contributed by atoms with E-state index in [4.69, 9.17) is 4.74 Å². The zero-order valence-corrected chi connectivity index (χ0v) is 12.1. The van der Waals surface area contributed by atoms with Gasteiger partial charge in [0.25, 0.3) is 0 Å². The molecular formula is C14H22BrNO. The van der Waals surface area contributed by atoms with Crippen LogP contribution in [0.2, 0.25) is 0 Å². The van der Waals surface area contributed by atoms with Crippen LogP contribution in [0, 0.1) is 0 Å². The largest absolute Gasteiger partial charge is 0.497 e. The minimum atomic E-state index is 0.927. The summed E-state index contributed by atoms with van der Waals surface area (Å²) in [5.41, 5.74) is 1.36. The fourth-order valence-corrected chi connectivity index (χ4v) is 2.07.